The van der Waals surface area contributed by atoms with E-state index in [-0.39, 0.29) is 37.4 Å². The predicted molar refractivity (Wildman–Crippen MR) is 197 cm³/mol. The van der Waals surface area contributed by atoms with Crippen LogP contribution in [0.5, 0.6) is 17.2 Å². The molecule has 286 valence electrons. The number of nitrogens with one attached hydrogen (secondary N) is 2. The first-order valence-corrected chi connectivity index (χ1v) is 17.9. The maximum Gasteiger partial charge on any atom is 0.220 e. The van der Waals surface area contributed by atoms with Crippen molar-refractivity contribution in [3.05, 3.63) is 125 Å². The molecule has 10 nitrogen and oxygen atoms in total. The molecule has 0 heterocycles. The van der Waals surface area contributed by atoms with Crippen LogP contribution in [0.1, 0.15) is 29.5 Å². The van der Waals surface area contributed by atoms with Gasteiger partial charge in [0.1, 0.15) is 43.3 Å². The van der Waals surface area contributed by atoms with Crippen LogP contribution in [0.15, 0.2) is 97.1 Å². The van der Waals surface area contributed by atoms with E-state index in [1.165, 1.54) is 29.8 Å². The summed E-state index contributed by atoms with van der Waals surface area (Å²) >= 11 is 0. The van der Waals surface area contributed by atoms with Gasteiger partial charge in [-0.15, -0.1) is 0 Å². The molecule has 0 fully saturated rings. The lowest BCUT2D eigenvalue weighted by Crippen LogP contribution is -2.33. The maximum absolute atomic E-state index is 13.3. The number of halogens is 2. The summed E-state index contributed by atoms with van der Waals surface area (Å²) in [5, 5.41) is 16.4. The molecule has 0 saturated heterocycles. The number of ether oxygens (including phenoxy) is 6. The summed E-state index contributed by atoms with van der Waals surface area (Å²) in [5.41, 5.74) is 2.79. The van der Waals surface area contributed by atoms with Gasteiger partial charge in [0, 0.05) is 32.1 Å². The van der Waals surface area contributed by atoms with Gasteiger partial charge in [-0.05, 0) is 65.9 Å². The summed E-state index contributed by atoms with van der Waals surface area (Å²) < 4.78 is 61.0. The van der Waals surface area contributed by atoms with Crippen molar-refractivity contribution in [2.75, 3.05) is 65.9 Å². The third-order valence-corrected chi connectivity index (χ3v) is 7.80. The minimum absolute atomic E-state index is 0.0331. The quantitative estimate of drug-likeness (QED) is 0.0670. The molecule has 0 bridgehead atoms. The zero-order valence-electron chi connectivity index (χ0n) is 30.0. The van der Waals surface area contributed by atoms with Crippen molar-refractivity contribution in [1.82, 2.24) is 10.6 Å². The molecular formula is C41H50F2N2O8. The van der Waals surface area contributed by atoms with Crippen LogP contribution in [-0.2, 0) is 38.6 Å². The van der Waals surface area contributed by atoms with Crippen molar-refractivity contribution in [3.8, 4) is 17.2 Å². The highest BCUT2D eigenvalue weighted by Crippen LogP contribution is 2.33. The molecule has 0 saturated carbocycles. The second-order valence-electron chi connectivity index (χ2n) is 12.1. The Hall–Kier alpha value is -4.59. The molecule has 12 heteroatoms. The van der Waals surface area contributed by atoms with E-state index in [1.54, 1.807) is 42.5 Å². The van der Waals surface area contributed by atoms with Gasteiger partial charge >= 0.3 is 0 Å². The third kappa shape index (κ3) is 17.7. The molecule has 4 aromatic rings. The van der Waals surface area contributed by atoms with Gasteiger partial charge in [0.15, 0.2) is 11.5 Å². The van der Waals surface area contributed by atoms with Gasteiger partial charge < -0.3 is 44.2 Å². The van der Waals surface area contributed by atoms with Crippen LogP contribution >= 0.6 is 0 Å². The van der Waals surface area contributed by atoms with Gasteiger partial charge in [0.25, 0.3) is 0 Å². The number of aliphatic hydroxyl groups is 1. The molecule has 0 radical (unpaired) electrons. The van der Waals surface area contributed by atoms with Crippen LogP contribution in [0.4, 0.5) is 8.78 Å². The van der Waals surface area contributed by atoms with Gasteiger partial charge in [-0.3, -0.25) is 4.79 Å². The Bertz CT molecular complexity index is 1580. The molecule has 0 spiro atoms. The Morgan fingerprint density at radius 3 is 1.87 bits per heavy atom. The number of amides is 1. The monoisotopic (exact) mass is 736 g/mol. The number of hydrogen-bond acceptors (Lipinski definition) is 9. The van der Waals surface area contributed by atoms with Crippen molar-refractivity contribution in [3.63, 3.8) is 0 Å². The number of aryl methyl sites for hydroxylation is 1. The normalized spacial score (nSPS) is 11.6. The fourth-order valence-corrected chi connectivity index (χ4v) is 4.95. The average Bonchev–Trinajstić information content (AvgIpc) is 3.17. The molecule has 0 aliphatic heterocycles. The first kappa shape index (κ1) is 41.2. The fourth-order valence-electron chi connectivity index (χ4n) is 4.95. The van der Waals surface area contributed by atoms with Gasteiger partial charge in [-0.1, -0.05) is 54.6 Å². The predicted octanol–water partition coefficient (Wildman–Crippen LogP) is 5.64. The van der Waals surface area contributed by atoms with Gasteiger partial charge in [-0.2, -0.15) is 0 Å². The molecule has 3 N–H and O–H groups in total. The lowest BCUT2D eigenvalue weighted by atomic mass is 10.1. The minimum atomic E-state index is -0.774. The van der Waals surface area contributed by atoms with Gasteiger partial charge in [0.05, 0.1) is 39.6 Å². The largest absolute Gasteiger partial charge is 0.491 e. The molecule has 53 heavy (non-hydrogen) atoms. The topological polar surface area (TPSA) is 117 Å². The number of carbonyl (C=O) groups excluding carboxylic acids is 1. The second kappa shape index (κ2) is 24.6. The van der Waals surface area contributed by atoms with E-state index in [2.05, 4.69) is 22.8 Å². The van der Waals surface area contributed by atoms with Crippen molar-refractivity contribution >= 4 is 5.91 Å². The number of aliphatic hydroxyl groups excluding tert-OH is 1. The zero-order valence-corrected chi connectivity index (χ0v) is 30.0. The van der Waals surface area contributed by atoms with Crippen LogP contribution in [0.3, 0.4) is 0 Å². The van der Waals surface area contributed by atoms with E-state index in [0.717, 1.165) is 24.0 Å². The molecule has 1 amide bonds. The van der Waals surface area contributed by atoms with Crippen LogP contribution in [0.2, 0.25) is 0 Å². The zero-order chi connectivity index (χ0) is 37.4. The first-order chi connectivity index (χ1) is 25.9. The average molecular weight is 737 g/mol. The third-order valence-electron chi connectivity index (χ3n) is 7.80. The van der Waals surface area contributed by atoms with Crippen LogP contribution < -0.4 is 24.8 Å². The highest BCUT2D eigenvalue weighted by Gasteiger charge is 2.12. The highest BCUT2D eigenvalue weighted by molar-refractivity contribution is 5.75. The van der Waals surface area contributed by atoms with Gasteiger partial charge in [-0.25, -0.2) is 8.78 Å². The van der Waals surface area contributed by atoms with Crippen molar-refractivity contribution in [2.45, 2.75) is 38.6 Å². The van der Waals surface area contributed by atoms with Crippen molar-refractivity contribution in [1.29, 1.82) is 0 Å². The SMILES string of the molecule is O=C(CCCc1ccccc1)NCCOCCOCCOCCNCC(O)COc1ccc(OCc2ccc(F)cc2)c(OCc2ccc(F)cc2)c1. The summed E-state index contributed by atoms with van der Waals surface area (Å²) in [7, 11) is 0. The van der Waals surface area contributed by atoms with Crippen LogP contribution in [0.25, 0.3) is 0 Å². The Morgan fingerprint density at radius 1 is 0.642 bits per heavy atom. The lowest BCUT2D eigenvalue weighted by molar-refractivity contribution is -0.121. The summed E-state index contributed by atoms with van der Waals surface area (Å²) in [6.07, 6.45) is 1.43. The molecule has 4 rings (SSSR count). The van der Waals surface area contributed by atoms with E-state index >= 15 is 0 Å². The highest BCUT2D eigenvalue weighted by atomic mass is 19.1. The van der Waals surface area contributed by atoms with Crippen molar-refractivity contribution < 1.29 is 47.1 Å². The molecule has 0 aromatic heterocycles. The first-order valence-electron chi connectivity index (χ1n) is 17.9. The number of rotatable bonds is 27. The second-order valence-corrected chi connectivity index (χ2v) is 12.1. The van der Waals surface area contributed by atoms with Crippen LogP contribution in [0, 0.1) is 11.6 Å². The molecule has 0 aliphatic rings. The Morgan fingerprint density at radius 2 is 1.23 bits per heavy atom. The Balaban J connectivity index is 1.01. The van der Waals surface area contributed by atoms with E-state index < -0.39 is 6.10 Å². The maximum atomic E-state index is 13.3. The lowest BCUT2D eigenvalue weighted by Gasteiger charge is -2.17. The number of hydrogen-bond donors (Lipinski definition) is 3. The summed E-state index contributed by atoms with van der Waals surface area (Å²) in [4.78, 5) is 11.9. The van der Waals surface area contributed by atoms with Crippen molar-refractivity contribution in [2.24, 2.45) is 0 Å². The summed E-state index contributed by atoms with van der Waals surface area (Å²) in [5.74, 6) is 0.696. The summed E-state index contributed by atoms with van der Waals surface area (Å²) in [6, 6.07) is 27.2. The van der Waals surface area contributed by atoms with Crippen LogP contribution in [-0.4, -0.2) is 83.0 Å². The Labute approximate surface area is 310 Å². The molecule has 4 aromatic carbocycles. The van der Waals surface area contributed by atoms with Gasteiger partial charge in [0.2, 0.25) is 5.91 Å². The molecular weight excluding hydrogens is 686 g/mol. The van der Waals surface area contributed by atoms with E-state index in [1.807, 2.05) is 18.2 Å². The minimum Gasteiger partial charge on any atom is -0.491 e. The molecule has 1 atom stereocenters. The number of carbonyl (C=O) groups is 1. The van der Waals surface area contributed by atoms with E-state index in [4.69, 9.17) is 28.4 Å². The molecule has 0 aliphatic carbocycles. The van der Waals surface area contributed by atoms with E-state index in [0.29, 0.717) is 82.9 Å². The molecule has 1 unspecified atom stereocenters. The number of benzene rings is 4. The van der Waals surface area contributed by atoms with E-state index in [9.17, 15) is 18.7 Å². The standard InChI is InChI=1S/C41H50F2N2O8/c42-35-13-9-33(10-14-35)29-52-39-18-17-38(27-40(39)53-30-34-11-15-36(43)16-12-34)51-31-37(46)28-44-19-21-48-23-25-50-26-24-49-22-20-45-41(47)8-4-7-32-5-2-1-3-6-32/h1-3,5-6,9-18,27,37,44,46H,4,7-8,19-26,28-31H2,(H,45,47). The summed E-state index contributed by atoms with van der Waals surface area (Å²) in [6.45, 7) is 4.35. The Kier molecular flexibility index (Phi) is 19.1. The fraction of sp³-hybridized carbons (Fsp3) is 0.390. The smallest absolute Gasteiger partial charge is 0.220 e.